The maximum atomic E-state index is 12.8. The van der Waals surface area contributed by atoms with Crippen molar-refractivity contribution in [3.05, 3.63) is 60.2 Å². The van der Waals surface area contributed by atoms with E-state index in [1.807, 2.05) is 37.3 Å². The molecule has 1 aliphatic heterocycles. The first-order valence-corrected chi connectivity index (χ1v) is 9.55. The highest BCUT2D eigenvalue weighted by Gasteiger charge is 2.23. The van der Waals surface area contributed by atoms with Crippen LogP contribution >= 0.6 is 0 Å². The monoisotopic (exact) mass is 376 g/mol. The number of carbonyl (C=O) groups is 2. The molecule has 0 spiro atoms. The van der Waals surface area contributed by atoms with E-state index in [4.69, 9.17) is 5.26 Å². The Bertz CT molecular complexity index is 858. The van der Waals surface area contributed by atoms with Crippen LogP contribution in [0.2, 0.25) is 0 Å². The van der Waals surface area contributed by atoms with E-state index in [9.17, 15) is 9.59 Å². The fourth-order valence-electron chi connectivity index (χ4n) is 3.37. The van der Waals surface area contributed by atoms with E-state index in [-0.39, 0.29) is 17.9 Å². The summed E-state index contributed by atoms with van der Waals surface area (Å²) in [6, 6.07) is 18.5. The number of piperidine rings is 1. The van der Waals surface area contributed by atoms with Crippen molar-refractivity contribution in [3.63, 3.8) is 0 Å². The summed E-state index contributed by atoms with van der Waals surface area (Å²) in [6.07, 6.45) is 1.68. The zero-order valence-electron chi connectivity index (χ0n) is 16.0. The highest BCUT2D eigenvalue weighted by molar-refractivity contribution is 6.06. The topological polar surface area (TPSA) is 76.4 Å². The van der Waals surface area contributed by atoms with Crippen LogP contribution in [0.3, 0.4) is 0 Å². The minimum atomic E-state index is -0.210. The zero-order chi connectivity index (χ0) is 19.9. The van der Waals surface area contributed by atoms with Gasteiger partial charge in [-0.25, -0.2) is 4.79 Å². The highest BCUT2D eigenvalue weighted by atomic mass is 16.2. The molecule has 2 aromatic rings. The van der Waals surface area contributed by atoms with E-state index in [2.05, 4.69) is 11.4 Å². The summed E-state index contributed by atoms with van der Waals surface area (Å²) in [7, 11) is 0. The van der Waals surface area contributed by atoms with Gasteiger partial charge < -0.3 is 15.1 Å². The highest BCUT2D eigenvalue weighted by Crippen LogP contribution is 2.20. The van der Waals surface area contributed by atoms with Crippen molar-refractivity contribution in [1.29, 1.82) is 5.26 Å². The molecule has 1 saturated heterocycles. The lowest BCUT2D eigenvalue weighted by Crippen LogP contribution is -2.42. The molecule has 1 heterocycles. The lowest BCUT2D eigenvalue weighted by atomic mass is 10.0. The third kappa shape index (κ3) is 4.49. The molecule has 0 radical (unpaired) electrons. The molecule has 1 N–H and O–H groups in total. The molecule has 1 atom stereocenters. The van der Waals surface area contributed by atoms with Gasteiger partial charge in [-0.05, 0) is 56.2 Å². The van der Waals surface area contributed by atoms with E-state index in [0.717, 1.165) is 18.5 Å². The van der Waals surface area contributed by atoms with E-state index >= 15 is 0 Å². The molecule has 6 nitrogen and oxygen atoms in total. The van der Waals surface area contributed by atoms with E-state index in [1.165, 1.54) is 0 Å². The largest absolute Gasteiger partial charge is 0.323 e. The molecule has 1 fully saturated rings. The van der Waals surface area contributed by atoms with Gasteiger partial charge in [0.25, 0.3) is 5.91 Å². The summed E-state index contributed by atoms with van der Waals surface area (Å²) in [4.78, 5) is 28.6. The number of benzene rings is 2. The predicted octanol–water partition coefficient (Wildman–Crippen LogP) is 4.12. The maximum absolute atomic E-state index is 12.8. The minimum Gasteiger partial charge on any atom is -0.323 e. The fourth-order valence-corrected chi connectivity index (χ4v) is 3.37. The maximum Gasteiger partial charge on any atom is 0.321 e. The van der Waals surface area contributed by atoms with Crippen molar-refractivity contribution < 1.29 is 9.59 Å². The fraction of sp³-hybridized carbons (Fsp3) is 0.318. The second kappa shape index (κ2) is 9.05. The number of carbonyl (C=O) groups excluding carboxylic acids is 2. The molecular formula is C22H24N4O2. The molecule has 0 aliphatic carbocycles. The lowest BCUT2D eigenvalue weighted by molar-refractivity contribution is 0.0988. The minimum absolute atomic E-state index is 0.0838. The molecule has 3 rings (SSSR count). The van der Waals surface area contributed by atoms with Crippen LogP contribution in [0.1, 0.15) is 30.1 Å². The molecule has 0 aromatic heterocycles. The number of nitriles is 1. The molecular weight excluding hydrogens is 352 g/mol. The van der Waals surface area contributed by atoms with E-state index in [0.29, 0.717) is 30.9 Å². The van der Waals surface area contributed by atoms with Gasteiger partial charge in [0.05, 0.1) is 12.0 Å². The average Bonchev–Trinajstić information content (AvgIpc) is 2.75. The van der Waals surface area contributed by atoms with Crippen molar-refractivity contribution in [2.45, 2.75) is 19.8 Å². The van der Waals surface area contributed by atoms with Crippen LogP contribution in [0.15, 0.2) is 54.6 Å². The lowest BCUT2D eigenvalue weighted by Gasteiger charge is -2.29. The Kier molecular flexibility index (Phi) is 6.28. The van der Waals surface area contributed by atoms with Crippen LogP contribution in [0.25, 0.3) is 0 Å². The van der Waals surface area contributed by atoms with Gasteiger partial charge in [-0.15, -0.1) is 0 Å². The Labute approximate surface area is 165 Å². The van der Waals surface area contributed by atoms with Gasteiger partial charge in [0, 0.05) is 36.6 Å². The van der Waals surface area contributed by atoms with Gasteiger partial charge in [0.15, 0.2) is 0 Å². The van der Waals surface area contributed by atoms with Gasteiger partial charge >= 0.3 is 6.03 Å². The Hall–Kier alpha value is -3.33. The van der Waals surface area contributed by atoms with Crippen LogP contribution in [0.4, 0.5) is 16.2 Å². The van der Waals surface area contributed by atoms with Gasteiger partial charge in [0.2, 0.25) is 0 Å². The van der Waals surface area contributed by atoms with Crippen molar-refractivity contribution in [3.8, 4) is 6.07 Å². The van der Waals surface area contributed by atoms with Crippen LogP contribution in [0.5, 0.6) is 0 Å². The molecule has 28 heavy (non-hydrogen) atoms. The molecule has 6 heteroatoms. The van der Waals surface area contributed by atoms with Crippen molar-refractivity contribution in [1.82, 2.24) is 4.90 Å². The molecule has 2 aromatic carbocycles. The summed E-state index contributed by atoms with van der Waals surface area (Å²) >= 11 is 0. The molecule has 144 valence electrons. The van der Waals surface area contributed by atoms with Crippen molar-refractivity contribution in [2.24, 2.45) is 5.92 Å². The van der Waals surface area contributed by atoms with E-state index in [1.54, 1.807) is 34.1 Å². The predicted molar refractivity (Wildman–Crippen MR) is 109 cm³/mol. The number of urea groups is 1. The summed E-state index contributed by atoms with van der Waals surface area (Å²) in [5, 5.41) is 11.9. The molecule has 0 bridgehead atoms. The third-order valence-corrected chi connectivity index (χ3v) is 4.90. The van der Waals surface area contributed by atoms with Crippen LogP contribution in [-0.2, 0) is 0 Å². The number of rotatable bonds is 4. The van der Waals surface area contributed by atoms with Gasteiger partial charge in [0.1, 0.15) is 0 Å². The SMILES string of the molecule is CCN(C(=O)c1ccc(NC(=O)N2CCC[C@H](C#N)C2)cc1)c1ccccc1. The standard InChI is InChI=1S/C22H24N4O2/c1-2-26(20-8-4-3-5-9-20)21(27)18-10-12-19(13-11-18)24-22(28)25-14-6-7-17(15-23)16-25/h3-5,8-13,17H,2,6-7,14,16H2,1H3,(H,24,28)/t17-/m1/s1. The Balaban J connectivity index is 1.65. The summed E-state index contributed by atoms with van der Waals surface area (Å²) in [6.45, 7) is 3.62. The van der Waals surface area contributed by atoms with Crippen molar-refractivity contribution >= 4 is 23.3 Å². The number of likely N-dealkylation sites (tertiary alicyclic amines) is 1. The van der Waals surface area contributed by atoms with Gasteiger partial charge in [-0.2, -0.15) is 5.26 Å². The second-order valence-corrected chi connectivity index (χ2v) is 6.81. The summed E-state index contributed by atoms with van der Waals surface area (Å²) < 4.78 is 0. The number of amides is 3. The third-order valence-electron chi connectivity index (χ3n) is 4.90. The normalized spacial score (nSPS) is 16.1. The molecule has 1 aliphatic rings. The number of nitrogens with zero attached hydrogens (tertiary/aromatic N) is 3. The molecule has 0 unspecified atom stereocenters. The zero-order valence-corrected chi connectivity index (χ0v) is 16.0. The average molecular weight is 376 g/mol. The summed E-state index contributed by atoms with van der Waals surface area (Å²) in [5.41, 5.74) is 2.04. The smallest absolute Gasteiger partial charge is 0.321 e. The Morgan fingerprint density at radius 2 is 1.89 bits per heavy atom. The molecule has 3 amide bonds. The quantitative estimate of drug-likeness (QED) is 0.872. The van der Waals surface area contributed by atoms with Crippen LogP contribution in [-0.4, -0.2) is 36.5 Å². The van der Waals surface area contributed by atoms with E-state index < -0.39 is 0 Å². The molecule has 0 saturated carbocycles. The number of hydrogen-bond donors (Lipinski definition) is 1. The Morgan fingerprint density at radius 1 is 1.18 bits per heavy atom. The number of hydrogen-bond acceptors (Lipinski definition) is 3. The van der Waals surface area contributed by atoms with Crippen molar-refractivity contribution in [2.75, 3.05) is 29.9 Å². The summed E-state index contributed by atoms with van der Waals surface area (Å²) in [5.74, 6) is -0.183. The first kappa shape index (κ1) is 19.4. The van der Waals surface area contributed by atoms with Crippen LogP contribution < -0.4 is 10.2 Å². The first-order chi connectivity index (χ1) is 13.6. The number of nitrogens with one attached hydrogen (secondary N) is 1. The number of para-hydroxylation sites is 1. The first-order valence-electron chi connectivity index (χ1n) is 9.55. The number of anilines is 2. The van der Waals surface area contributed by atoms with Crippen LogP contribution in [0, 0.1) is 17.2 Å². The van der Waals surface area contributed by atoms with Gasteiger partial charge in [-0.1, -0.05) is 18.2 Å². The second-order valence-electron chi connectivity index (χ2n) is 6.81. The Morgan fingerprint density at radius 3 is 2.54 bits per heavy atom. The van der Waals surface area contributed by atoms with Gasteiger partial charge in [-0.3, -0.25) is 4.79 Å².